The molecule has 1 aromatic rings. The second kappa shape index (κ2) is 6.59. The van der Waals surface area contributed by atoms with Gasteiger partial charge in [-0.3, -0.25) is 19.3 Å². The molecule has 1 aromatic carbocycles. The molecule has 3 amide bonds. The number of benzene rings is 1. The second-order valence-corrected chi connectivity index (χ2v) is 7.39. The summed E-state index contributed by atoms with van der Waals surface area (Å²) in [6.07, 6.45) is 0.856. The van der Waals surface area contributed by atoms with Crippen LogP contribution in [0.3, 0.4) is 0 Å². The van der Waals surface area contributed by atoms with E-state index in [1.807, 2.05) is 20.8 Å². The molecule has 0 saturated carbocycles. The van der Waals surface area contributed by atoms with Crippen LogP contribution in [0.2, 0.25) is 0 Å². The Morgan fingerprint density at radius 3 is 2.20 bits per heavy atom. The molecule has 2 N–H and O–H groups in total. The lowest BCUT2D eigenvalue weighted by molar-refractivity contribution is -0.137. The molecule has 134 valence electrons. The van der Waals surface area contributed by atoms with Gasteiger partial charge in [0.05, 0.1) is 11.1 Å². The Balaban J connectivity index is 1.92. The minimum atomic E-state index is -0.786. The lowest BCUT2D eigenvalue weighted by Crippen LogP contribution is -2.54. The van der Waals surface area contributed by atoms with Gasteiger partial charge in [-0.15, -0.1) is 0 Å². The number of nitrogens with two attached hydrogens (primary N) is 1. The number of hydrogen-bond donors (Lipinski definition) is 1. The molecule has 3 rings (SSSR count). The zero-order valence-corrected chi connectivity index (χ0v) is 14.9. The first-order chi connectivity index (χ1) is 11.9. The Kier molecular flexibility index (Phi) is 4.64. The number of hydrogen-bond acceptors (Lipinski definition) is 4. The number of carbonyl (C=O) groups excluding carboxylic acids is 3. The summed E-state index contributed by atoms with van der Waals surface area (Å²) in [4.78, 5) is 41.7. The molecular formula is C19H25N3O3. The van der Waals surface area contributed by atoms with E-state index in [1.54, 1.807) is 29.2 Å². The van der Waals surface area contributed by atoms with Crippen LogP contribution in [0.5, 0.6) is 0 Å². The molecule has 2 aliphatic rings. The fourth-order valence-electron chi connectivity index (χ4n) is 3.94. The zero-order valence-electron chi connectivity index (χ0n) is 14.9. The average Bonchev–Trinajstić information content (AvgIpc) is 3.08. The van der Waals surface area contributed by atoms with Crippen LogP contribution in [0.25, 0.3) is 0 Å². The summed E-state index contributed by atoms with van der Waals surface area (Å²) < 4.78 is 0. The van der Waals surface area contributed by atoms with Gasteiger partial charge in [-0.1, -0.05) is 26.0 Å². The van der Waals surface area contributed by atoms with E-state index in [-0.39, 0.29) is 35.6 Å². The maximum atomic E-state index is 13.2. The highest BCUT2D eigenvalue weighted by Gasteiger charge is 2.46. The summed E-state index contributed by atoms with van der Waals surface area (Å²) in [7, 11) is 0. The van der Waals surface area contributed by atoms with Crippen molar-refractivity contribution in [3.63, 3.8) is 0 Å². The van der Waals surface area contributed by atoms with Gasteiger partial charge in [0.1, 0.15) is 6.04 Å². The Hall–Kier alpha value is -2.21. The molecule has 6 nitrogen and oxygen atoms in total. The van der Waals surface area contributed by atoms with E-state index in [9.17, 15) is 14.4 Å². The monoisotopic (exact) mass is 343 g/mol. The van der Waals surface area contributed by atoms with Gasteiger partial charge < -0.3 is 10.6 Å². The van der Waals surface area contributed by atoms with Crippen molar-refractivity contribution >= 4 is 17.7 Å². The number of likely N-dealkylation sites (tertiary alicyclic amines) is 1. The molecule has 1 saturated heterocycles. The second-order valence-electron chi connectivity index (χ2n) is 7.39. The number of nitrogens with zero attached hydrogens (tertiary/aromatic N) is 2. The molecule has 3 unspecified atom stereocenters. The van der Waals surface area contributed by atoms with Crippen LogP contribution in [-0.4, -0.2) is 52.7 Å². The third kappa shape index (κ3) is 2.84. The van der Waals surface area contributed by atoms with E-state index in [2.05, 4.69) is 0 Å². The SMILES string of the molecule is CC(C)C(C(=O)N1CC(CN)CC1C)N1C(=O)c2ccccc2C1=O. The minimum Gasteiger partial charge on any atom is -0.338 e. The first kappa shape index (κ1) is 17.6. The average molecular weight is 343 g/mol. The van der Waals surface area contributed by atoms with E-state index in [1.165, 1.54) is 0 Å². The highest BCUT2D eigenvalue weighted by atomic mass is 16.2. The maximum Gasteiger partial charge on any atom is 0.262 e. The van der Waals surface area contributed by atoms with E-state index in [4.69, 9.17) is 5.73 Å². The van der Waals surface area contributed by atoms with Crippen LogP contribution in [-0.2, 0) is 4.79 Å². The lowest BCUT2D eigenvalue weighted by Gasteiger charge is -2.33. The van der Waals surface area contributed by atoms with Crippen molar-refractivity contribution in [2.24, 2.45) is 17.6 Å². The molecule has 6 heteroatoms. The Labute approximate surface area is 148 Å². The number of imide groups is 1. The van der Waals surface area contributed by atoms with E-state index in [0.29, 0.717) is 24.2 Å². The molecule has 0 spiro atoms. The predicted molar refractivity (Wildman–Crippen MR) is 93.9 cm³/mol. The van der Waals surface area contributed by atoms with Crippen molar-refractivity contribution in [3.05, 3.63) is 35.4 Å². The van der Waals surface area contributed by atoms with E-state index < -0.39 is 6.04 Å². The summed E-state index contributed by atoms with van der Waals surface area (Å²) in [5, 5.41) is 0. The topological polar surface area (TPSA) is 83.7 Å². The maximum absolute atomic E-state index is 13.2. The standard InChI is InChI=1S/C19H25N3O3/c1-11(2)16(19(25)21-10-13(9-20)8-12(21)3)22-17(23)14-6-4-5-7-15(14)18(22)24/h4-7,11-13,16H,8-10,20H2,1-3H3. The highest BCUT2D eigenvalue weighted by molar-refractivity contribution is 6.22. The fraction of sp³-hybridized carbons (Fsp3) is 0.526. The number of fused-ring (bicyclic) bond motifs is 1. The van der Waals surface area contributed by atoms with Crippen molar-refractivity contribution in [1.82, 2.24) is 9.80 Å². The van der Waals surface area contributed by atoms with Crippen molar-refractivity contribution in [3.8, 4) is 0 Å². The summed E-state index contributed by atoms with van der Waals surface area (Å²) in [5.41, 5.74) is 6.51. The summed E-state index contributed by atoms with van der Waals surface area (Å²) in [6.45, 7) is 6.85. The largest absolute Gasteiger partial charge is 0.338 e. The van der Waals surface area contributed by atoms with Crippen molar-refractivity contribution in [1.29, 1.82) is 0 Å². The Morgan fingerprint density at radius 1 is 1.20 bits per heavy atom. The fourth-order valence-corrected chi connectivity index (χ4v) is 3.94. The molecule has 0 aromatic heterocycles. The molecular weight excluding hydrogens is 318 g/mol. The summed E-state index contributed by atoms with van der Waals surface area (Å²) >= 11 is 0. The van der Waals surface area contributed by atoms with Crippen molar-refractivity contribution in [2.75, 3.05) is 13.1 Å². The number of amides is 3. The van der Waals surface area contributed by atoms with Crippen LogP contribution in [0.4, 0.5) is 0 Å². The van der Waals surface area contributed by atoms with Crippen molar-refractivity contribution in [2.45, 2.75) is 39.3 Å². The Bertz CT molecular complexity index is 681. The molecule has 0 bridgehead atoms. The van der Waals surface area contributed by atoms with E-state index >= 15 is 0 Å². The summed E-state index contributed by atoms with van der Waals surface area (Å²) in [5.74, 6) is -0.814. The van der Waals surface area contributed by atoms with E-state index in [0.717, 1.165) is 11.3 Å². The molecule has 2 aliphatic heterocycles. The lowest BCUT2D eigenvalue weighted by atomic mass is 10.0. The smallest absolute Gasteiger partial charge is 0.262 e. The normalized spacial score (nSPS) is 24.2. The molecule has 25 heavy (non-hydrogen) atoms. The van der Waals surface area contributed by atoms with Gasteiger partial charge in [-0.05, 0) is 43.9 Å². The first-order valence-corrected chi connectivity index (χ1v) is 8.84. The van der Waals surface area contributed by atoms with Gasteiger partial charge in [0.25, 0.3) is 11.8 Å². The molecule has 0 aliphatic carbocycles. The van der Waals surface area contributed by atoms with Gasteiger partial charge in [-0.2, -0.15) is 0 Å². The molecule has 0 radical (unpaired) electrons. The third-order valence-electron chi connectivity index (χ3n) is 5.27. The van der Waals surface area contributed by atoms with Gasteiger partial charge in [0.15, 0.2) is 0 Å². The zero-order chi connectivity index (χ0) is 18.3. The molecule has 3 atom stereocenters. The molecule has 1 fully saturated rings. The van der Waals surface area contributed by atoms with Crippen LogP contribution >= 0.6 is 0 Å². The summed E-state index contributed by atoms with van der Waals surface area (Å²) in [6, 6.07) is 6.02. The third-order valence-corrected chi connectivity index (χ3v) is 5.27. The van der Waals surface area contributed by atoms with Crippen LogP contribution in [0.1, 0.15) is 47.9 Å². The van der Waals surface area contributed by atoms with Crippen LogP contribution in [0, 0.1) is 11.8 Å². The predicted octanol–water partition coefficient (Wildman–Crippen LogP) is 1.50. The molecule has 2 heterocycles. The van der Waals surface area contributed by atoms with Gasteiger partial charge >= 0.3 is 0 Å². The van der Waals surface area contributed by atoms with Gasteiger partial charge in [-0.25, -0.2) is 0 Å². The quantitative estimate of drug-likeness (QED) is 0.840. The number of carbonyl (C=O) groups is 3. The number of rotatable bonds is 4. The van der Waals surface area contributed by atoms with Crippen molar-refractivity contribution < 1.29 is 14.4 Å². The van der Waals surface area contributed by atoms with Gasteiger partial charge in [0.2, 0.25) is 5.91 Å². The minimum absolute atomic E-state index is 0.0671. The first-order valence-electron chi connectivity index (χ1n) is 8.84. The highest BCUT2D eigenvalue weighted by Crippen LogP contribution is 2.30. The van der Waals surface area contributed by atoms with Crippen LogP contribution < -0.4 is 5.73 Å². The van der Waals surface area contributed by atoms with Crippen LogP contribution in [0.15, 0.2) is 24.3 Å². The Morgan fingerprint density at radius 2 is 1.76 bits per heavy atom. The van der Waals surface area contributed by atoms with Gasteiger partial charge in [0, 0.05) is 12.6 Å².